The van der Waals surface area contributed by atoms with Crippen LogP contribution in [0.2, 0.25) is 0 Å². The minimum atomic E-state index is -3.57. The van der Waals surface area contributed by atoms with Gasteiger partial charge < -0.3 is 4.74 Å². The first kappa shape index (κ1) is 18.5. The standard InChI is InChI=1S/C18H18N2O4S2/c1-11(2)20-26(22,23)15-8-5-13(6-9-15)17-19-16(18(21)24-17)10-14-7-4-12(3)25-14/h4-11,20H,1-3H3/b16-10-. The number of cyclic esters (lactones) is 1. The summed E-state index contributed by atoms with van der Waals surface area (Å²) < 4.78 is 32.0. The van der Waals surface area contributed by atoms with Crippen molar-refractivity contribution in [3.63, 3.8) is 0 Å². The van der Waals surface area contributed by atoms with Crippen LogP contribution in [0.1, 0.15) is 29.2 Å². The summed E-state index contributed by atoms with van der Waals surface area (Å²) in [5.74, 6) is -0.362. The number of esters is 1. The Bertz CT molecular complexity index is 1000. The van der Waals surface area contributed by atoms with Gasteiger partial charge >= 0.3 is 5.97 Å². The lowest BCUT2D eigenvalue weighted by Crippen LogP contribution is -2.30. The fourth-order valence-electron chi connectivity index (χ4n) is 2.35. The Morgan fingerprint density at radius 1 is 1.15 bits per heavy atom. The van der Waals surface area contributed by atoms with Gasteiger partial charge in [0.2, 0.25) is 15.9 Å². The van der Waals surface area contributed by atoms with E-state index in [1.165, 1.54) is 12.1 Å². The molecule has 2 aromatic rings. The van der Waals surface area contributed by atoms with Crippen molar-refractivity contribution in [2.45, 2.75) is 31.7 Å². The molecule has 0 bridgehead atoms. The van der Waals surface area contributed by atoms with E-state index in [1.807, 2.05) is 19.1 Å². The summed E-state index contributed by atoms with van der Waals surface area (Å²) in [5.41, 5.74) is 0.757. The average molecular weight is 390 g/mol. The quantitative estimate of drug-likeness (QED) is 0.628. The van der Waals surface area contributed by atoms with Gasteiger partial charge in [-0.2, -0.15) is 0 Å². The number of hydrogen-bond donors (Lipinski definition) is 1. The minimum absolute atomic E-state index is 0.143. The van der Waals surface area contributed by atoms with Crippen molar-refractivity contribution in [3.05, 3.63) is 57.4 Å². The monoisotopic (exact) mass is 390 g/mol. The molecule has 0 spiro atoms. The number of nitrogens with one attached hydrogen (secondary N) is 1. The molecule has 136 valence electrons. The van der Waals surface area contributed by atoms with E-state index in [2.05, 4.69) is 9.71 Å². The number of ether oxygens (including phenoxy) is 1. The number of carbonyl (C=O) groups excluding carboxylic acids is 1. The zero-order chi connectivity index (χ0) is 18.9. The highest BCUT2D eigenvalue weighted by Gasteiger charge is 2.25. The van der Waals surface area contributed by atoms with Gasteiger partial charge in [0, 0.05) is 21.4 Å². The lowest BCUT2D eigenvalue weighted by Gasteiger charge is -2.09. The van der Waals surface area contributed by atoms with E-state index >= 15 is 0 Å². The normalized spacial score (nSPS) is 16.2. The first-order chi connectivity index (χ1) is 12.2. The summed E-state index contributed by atoms with van der Waals surface area (Å²) in [4.78, 5) is 18.4. The highest BCUT2D eigenvalue weighted by Crippen LogP contribution is 2.23. The molecule has 0 saturated carbocycles. The minimum Gasteiger partial charge on any atom is -0.402 e. The van der Waals surface area contributed by atoms with Crippen molar-refractivity contribution < 1.29 is 17.9 Å². The maximum absolute atomic E-state index is 12.1. The van der Waals surface area contributed by atoms with Gasteiger partial charge in [-0.05, 0) is 63.2 Å². The van der Waals surface area contributed by atoms with Gasteiger partial charge in [0.05, 0.1) is 4.90 Å². The van der Waals surface area contributed by atoms with Crippen LogP contribution < -0.4 is 4.72 Å². The average Bonchev–Trinajstić information content (AvgIpc) is 3.13. The third kappa shape index (κ3) is 4.09. The zero-order valence-electron chi connectivity index (χ0n) is 14.5. The molecule has 8 heteroatoms. The number of nitrogens with zero attached hydrogens (tertiary/aromatic N) is 1. The van der Waals surface area contributed by atoms with Crippen molar-refractivity contribution in [2.24, 2.45) is 4.99 Å². The smallest absolute Gasteiger partial charge is 0.363 e. The van der Waals surface area contributed by atoms with Gasteiger partial charge in [-0.1, -0.05) is 0 Å². The predicted octanol–water partition coefficient (Wildman–Crippen LogP) is 3.09. The van der Waals surface area contributed by atoms with Crippen LogP contribution in [0.25, 0.3) is 6.08 Å². The third-order valence-electron chi connectivity index (χ3n) is 3.46. The summed E-state index contributed by atoms with van der Waals surface area (Å²) in [6.45, 7) is 5.49. The maximum Gasteiger partial charge on any atom is 0.363 e. The molecule has 6 nitrogen and oxygen atoms in total. The molecule has 3 rings (SSSR count). The molecule has 1 aliphatic rings. The van der Waals surface area contributed by atoms with Crippen LogP contribution in [0.3, 0.4) is 0 Å². The second-order valence-corrected chi connectivity index (χ2v) is 9.12. The number of rotatable bonds is 5. The summed E-state index contributed by atoms with van der Waals surface area (Å²) >= 11 is 1.56. The Balaban J connectivity index is 1.85. The summed E-state index contributed by atoms with van der Waals surface area (Å²) in [6.07, 6.45) is 1.68. The zero-order valence-corrected chi connectivity index (χ0v) is 16.1. The van der Waals surface area contributed by atoms with E-state index in [-0.39, 0.29) is 22.5 Å². The molecular weight excluding hydrogens is 372 g/mol. The molecule has 0 fully saturated rings. The fourth-order valence-corrected chi connectivity index (χ4v) is 4.42. The molecule has 1 aliphatic heterocycles. The molecule has 0 atom stereocenters. The number of aryl methyl sites for hydroxylation is 1. The van der Waals surface area contributed by atoms with Gasteiger partial charge in [0.1, 0.15) is 0 Å². The molecule has 0 saturated heterocycles. The van der Waals surface area contributed by atoms with E-state index in [0.717, 1.165) is 9.75 Å². The Morgan fingerprint density at radius 3 is 2.42 bits per heavy atom. The fraction of sp³-hybridized carbons (Fsp3) is 0.222. The molecule has 0 aliphatic carbocycles. The third-order valence-corrected chi connectivity index (χ3v) is 6.09. The van der Waals surface area contributed by atoms with Crippen molar-refractivity contribution >= 4 is 39.3 Å². The van der Waals surface area contributed by atoms with Crippen LogP contribution in [0.5, 0.6) is 0 Å². The number of sulfonamides is 1. The SMILES string of the molecule is Cc1ccc(/C=C2\N=C(c3ccc(S(=O)(=O)NC(C)C)cc3)OC2=O)s1. The van der Waals surface area contributed by atoms with Gasteiger partial charge in [0.15, 0.2) is 5.70 Å². The lowest BCUT2D eigenvalue weighted by atomic mass is 10.2. The van der Waals surface area contributed by atoms with Crippen LogP contribution in [-0.4, -0.2) is 26.3 Å². The van der Waals surface area contributed by atoms with Crippen LogP contribution in [0, 0.1) is 6.92 Å². The van der Waals surface area contributed by atoms with E-state index in [9.17, 15) is 13.2 Å². The van der Waals surface area contributed by atoms with Crippen molar-refractivity contribution in [3.8, 4) is 0 Å². The maximum atomic E-state index is 12.1. The summed E-state index contributed by atoms with van der Waals surface area (Å²) in [7, 11) is -3.57. The molecule has 1 aromatic carbocycles. The van der Waals surface area contributed by atoms with Crippen molar-refractivity contribution in [1.82, 2.24) is 4.72 Å². The predicted molar refractivity (Wildman–Crippen MR) is 102 cm³/mol. The molecule has 26 heavy (non-hydrogen) atoms. The Labute approximate surface area is 156 Å². The molecule has 0 amide bonds. The van der Waals surface area contributed by atoms with Crippen LogP contribution >= 0.6 is 11.3 Å². The van der Waals surface area contributed by atoms with E-state index in [0.29, 0.717) is 5.56 Å². The lowest BCUT2D eigenvalue weighted by molar-refractivity contribution is -0.129. The molecule has 0 radical (unpaired) electrons. The number of hydrogen-bond acceptors (Lipinski definition) is 6. The number of benzene rings is 1. The molecular formula is C18H18N2O4S2. The summed E-state index contributed by atoms with van der Waals surface area (Å²) in [6, 6.07) is 9.73. The van der Waals surface area contributed by atoms with E-state index < -0.39 is 16.0 Å². The number of carbonyl (C=O) groups is 1. The van der Waals surface area contributed by atoms with Crippen LogP contribution in [0.4, 0.5) is 0 Å². The number of thiophene rings is 1. The Hall–Kier alpha value is -2.29. The molecule has 2 heterocycles. The first-order valence-electron chi connectivity index (χ1n) is 7.96. The molecule has 1 N–H and O–H groups in total. The van der Waals surface area contributed by atoms with Crippen molar-refractivity contribution in [1.29, 1.82) is 0 Å². The van der Waals surface area contributed by atoms with Gasteiger partial charge in [-0.15, -0.1) is 11.3 Å². The Morgan fingerprint density at radius 2 is 1.85 bits per heavy atom. The van der Waals surface area contributed by atoms with E-state index in [1.54, 1.807) is 43.4 Å². The molecule has 1 aromatic heterocycles. The van der Waals surface area contributed by atoms with E-state index in [4.69, 9.17) is 4.74 Å². The topological polar surface area (TPSA) is 84.8 Å². The van der Waals surface area contributed by atoms with Gasteiger partial charge in [-0.3, -0.25) is 0 Å². The second-order valence-electron chi connectivity index (χ2n) is 6.08. The van der Waals surface area contributed by atoms with Crippen LogP contribution in [0.15, 0.2) is 52.0 Å². The highest BCUT2D eigenvalue weighted by molar-refractivity contribution is 7.89. The number of aliphatic imine (C=N–C) groups is 1. The summed E-state index contributed by atoms with van der Waals surface area (Å²) in [5, 5.41) is 0. The van der Waals surface area contributed by atoms with Crippen LogP contribution in [-0.2, 0) is 19.6 Å². The second kappa shape index (κ2) is 7.14. The first-order valence-corrected chi connectivity index (χ1v) is 10.3. The Kier molecular flexibility index (Phi) is 5.08. The van der Waals surface area contributed by atoms with Gasteiger partial charge in [0.25, 0.3) is 0 Å². The largest absolute Gasteiger partial charge is 0.402 e. The van der Waals surface area contributed by atoms with Gasteiger partial charge in [-0.25, -0.2) is 22.9 Å². The van der Waals surface area contributed by atoms with Crippen molar-refractivity contribution in [2.75, 3.05) is 0 Å². The highest BCUT2D eigenvalue weighted by atomic mass is 32.2. The molecule has 0 unspecified atom stereocenters.